The number of rotatable bonds is 6. The monoisotopic (exact) mass is 461 g/mol. The van der Waals surface area contributed by atoms with Gasteiger partial charge in [0.1, 0.15) is 9.81 Å². The molecular weight excluding hydrogens is 434 g/mol. The number of hydrogen-bond acceptors (Lipinski definition) is 6. The first-order chi connectivity index (χ1) is 14.8. The summed E-state index contributed by atoms with van der Waals surface area (Å²) in [6.07, 6.45) is 5.41. The topological polar surface area (TPSA) is 112 Å². The van der Waals surface area contributed by atoms with Crippen molar-refractivity contribution in [1.29, 1.82) is 4.78 Å². The molecule has 2 amide bonds. The van der Waals surface area contributed by atoms with E-state index in [-0.39, 0.29) is 17.4 Å². The van der Waals surface area contributed by atoms with Crippen molar-refractivity contribution in [2.24, 2.45) is 5.92 Å². The summed E-state index contributed by atoms with van der Waals surface area (Å²) in [5.74, 6) is 1.00. The van der Waals surface area contributed by atoms with Gasteiger partial charge in [-0.25, -0.2) is 18.5 Å². The minimum atomic E-state index is -3.55. The molecule has 3 aliphatic rings. The van der Waals surface area contributed by atoms with Gasteiger partial charge in [-0.2, -0.15) is 0 Å². The molecule has 166 valence electrons. The third-order valence-electron chi connectivity index (χ3n) is 6.61. The normalized spacial score (nSPS) is 22.1. The second kappa shape index (κ2) is 7.58. The largest absolute Gasteiger partial charge is 0.379 e. The molecule has 2 fully saturated rings. The molecule has 0 spiro atoms. The van der Waals surface area contributed by atoms with E-state index in [1.807, 2.05) is 0 Å². The van der Waals surface area contributed by atoms with E-state index in [9.17, 15) is 14.1 Å². The fraction of sp³-hybridized carbons (Fsp3) is 0.500. The van der Waals surface area contributed by atoms with Gasteiger partial charge in [0.15, 0.2) is 9.92 Å². The Balaban J connectivity index is 1.36. The smallest absolute Gasteiger partial charge is 0.331 e. The van der Waals surface area contributed by atoms with Crippen LogP contribution in [0.15, 0.2) is 28.5 Å². The summed E-state index contributed by atoms with van der Waals surface area (Å²) in [6, 6.07) is 6.84. The fourth-order valence-electron chi connectivity index (χ4n) is 4.54. The van der Waals surface area contributed by atoms with Gasteiger partial charge in [0, 0.05) is 10.6 Å². The van der Waals surface area contributed by atoms with Gasteiger partial charge >= 0.3 is 6.03 Å². The Morgan fingerprint density at radius 3 is 2.74 bits per heavy atom. The van der Waals surface area contributed by atoms with E-state index in [0.29, 0.717) is 16.7 Å². The Kier molecular flexibility index (Phi) is 5.12. The Bertz CT molecular complexity index is 1130. The maximum absolute atomic E-state index is 13.0. The number of ether oxygens (including phenoxy) is 1. The molecule has 1 unspecified atom stereocenters. The van der Waals surface area contributed by atoms with Gasteiger partial charge in [-0.1, -0.05) is 19.1 Å². The minimum absolute atomic E-state index is 0.182. The first kappa shape index (κ1) is 20.9. The lowest BCUT2D eigenvalue weighted by atomic mass is 9.91. The highest BCUT2D eigenvalue weighted by atomic mass is 32.2. The van der Waals surface area contributed by atoms with Crippen LogP contribution in [-0.2, 0) is 33.1 Å². The molecule has 1 saturated heterocycles. The molecule has 5 rings (SSSR count). The van der Waals surface area contributed by atoms with Gasteiger partial charge in [0.2, 0.25) is 0 Å². The van der Waals surface area contributed by atoms with Crippen LogP contribution in [0.4, 0.5) is 10.5 Å². The first-order valence-corrected chi connectivity index (χ1v) is 13.1. The first-order valence-electron chi connectivity index (χ1n) is 10.7. The summed E-state index contributed by atoms with van der Waals surface area (Å²) in [5.41, 5.74) is 3.30. The zero-order chi connectivity index (χ0) is 21.8. The summed E-state index contributed by atoms with van der Waals surface area (Å²) in [7, 11) is -3.55. The van der Waals surface area contributed by atoms with E-state index in [1.165, 1.54) is 30.0 Å². The third-order valence-corrected chi connectivity index (χ3v) is 9.82. The third kappa shape index (κ3) is 3.88. The number of benzene rings is 1. The van der Waals surface area contributed by atoms with Gasteiger partial charge in [-0.05, 0) is 72.8 Å². The average molecular weight is 462 g/mol. The van der Waals surface area contributed by atoms with Gasteiger partial charge in [-0.3, -0.25) is 0 Å². The number of carbonyl (C=O) groups is 1. The highest BCUT2D eigenvalue weighted by Gasteiger charge is 2.40. The lowest BCUT2D eigenvalue weighted by Crippen LogP contribution is -2.45. The zero-order valence-electron chi connectivity index (χ0n) is 17.4. The number of anilines is 1. The molecule has 31 heavy (non-hydrogen) atoms. The molecule has 1 aromatic carbocycles. The molecule has 0 bridgehead atoms. The number of carbonyl (C=O) groups excluding carboxylic acids is 1. The summed E-state index contributed by atoms with van der Waals surface area (Å²) in [6.45, 7) is 2.56. The average Bonchev–Trinajstić information content (AvgIpc) is 3.22. The van der Waals surface area contributed by atoms with Crippen LogP contribution < -0.4 is 10.0 Å². The molecule has 4 N–H and O–H groups in total. The number of fused-ring (bicyclic) bond motifs is 1. The Morgan fingerprint density at radius 1 is 1.29 bits per heavy atom. The van der Waals surface area contributed by atoms with Gasteiger partial charge in [0.05, 0.1) is 13.2 Å². The SMILES string of the molecule is C[C@H](c1ccc2c(c1NC(=O)NS(=N)(=O)c1ccc(C3(O)COC3)s1)CCC2)C1CC1. The molecule has 2 heterocycles. The van der Waals surface area contributed by atoms with E-state index in [2.05, 4.69) is 29.1 Å². The molecular formula is C22H27N3O4S2. The van der Waals surface area contributed by atoms with Gasteiger partial charge < -0.3 is 15.2 Å². The molecule has 7 nitrogen and oxygen atoms in total. The van der Waals surface area contributed by atoms with Crippen molar-refractivity contribution in [3.05, 3.63) is 45.8 Å². The number of thiophene rings is 1. The van der Waals surface area contributed by atoms with Crippen molar-refractivity contribution in [3.8, 4) is 0 Å². The van der Waals surface area contributed by atoms with Gasteiger partial charge in [-0.15, -0.1) is 11.3 Å². The van der Waals surface area contributed by atoms with Crippen LogP contribution >= 0.6 is 11.3 Å². The lowest BCUT2D eigenvalue weighted by Gasteiger charge is -2.35. The minimum Gasteiger partial charge on any atom is -0.379 e. The quantitative estimate of drug-likeness (QED) is 0.519. The van der Waals surface area contributed by atoms with Crippen LogP contribution in [0.1, 0.15) is 53.7 Å². The molecule has 1 saturated carbocycles. The van der Waals surface area contributed by atoms with Crippen molar-refractivity contribution < 1.29 is 18.8 Å². The number of aliphatic hydroxyl groups is 1. The summed E-state index contributed by atoms with van der Waals surface area (Å²) >= 11 is 1.08. The van der Waals surface area contributed by atoms with Crippen molar-refractivity contribution in [1.82, 2.24) is 4.72 Å². The van der Waals surface area contributed by atoms with E-state index >= 15 is 0 Å². The number of amides is 2. The standard InChI is InChI=1S/C22H27N3O4S2/c1-13(14-5-6-14)16-8-7-15-3-2-4-17(15)20(16)24-21(26)25-31(23,28)19-10-9-18(30-19)22(27)11-29-12-22/h7-10,13-14,27H,2-6,11-12H2,1H3,(H3,23,24,25,26,28)/t13-,31?/m0/s1. The number of hydrogen-bond donors (Lipinski definition) is 4. The summed E-state index contributed by atoms with van der Waals surface area (Å²) in [5, 5.41) is 13.3. The highest BCUT2D eigenvalue weighted by molar-refractivity contribution is 7.93. The van der Waals surface area contributed by atoms with Crippen LogP contribution in [0.5, 0.6) is 0 Å². The summed E-state index contributed by atoms with van der Waals surface area (Å²) < 4.78 is 28.9. The zero-order valence-corrected chi connectivity index (χ0v) is 19.0. The number of aryl methyl sites for hydroxylation is 1. The molecule has 1 aliphatic heterocycles. The van der Waals surface area contributed by atoms with E-state index in [0.717, 1.165) is 41.9 Å². The van der Waals surface area contributed by atoms with Crippen LogP contribution in [0.3, 0.4) is 0 Å². The van der Waals surface area contributed by atoms with Gasteiger partial charge in [0.25, 0.3) is 0 Å². The highest BCUT2D eigenvalue weighted by Crippen LogP contribution is 2.46. The predicted octanol–water partition coefficient (Wildman–Crippen LogP) is 4.11. The maximum atomic E-state index is 13.0. The lowest BCUT2D eigenvalue weighted by molar-refractivity contribution is -0.182. The number of urea groups is 1. The molecule has 1 aromatic heterocycles. The second-order valence-corrected chi connectivity index (χ2v) is 12.0. The summed E-state index contributed by atoms with van der Waals surface area (Å²) in [4.78, 5) is 13.4. The Labute approximate surface area is 186 Å². The second-order valence-electron chi connectivity index (χ2n) is 8.90. The van der Waals surface area contributed by atoms with Crippen LogP contribution in [0.2, 0.25) is 0 Å². The fourth-order valence-corrected chi connectivity index (χ4v) is 6.88. The van der Waals surface area contributed by atoms with Crippen LogP contribution in [0, 0.1) is 10.7 Å². The maximum Gasteiger partial charge on any atom is 0.331 e. The Hall–Kier alpha value is -1.94. The van der Waals surface area contributed by atoms with Crippen LogP contribution in [-0.4, -0.2) is 28.6 Å². The van der Waals surface area contributed by atoms with E-state index in [4.69, 9.17) is 9.52 Å². The predicted molar refractivity (Wildman–Crippen MR) is 120 cm³/mol. The van der Waals surface area contributed by atoms with Crippen LogP contribution in [0.25, 0.3) is 0 Å². The molecule has 0 radical (unpaired) electrons. The van der Waals surface area contributed by atoms with Crippen molar-refractivity contribution in [3.63, 3.8) is 0 Å². The van der Waals surface area contributed by atoms with E-state index in [1.54, 1.807) is 6.07 Å². The van der Waals surface area contributed by atoms with Crippen molar-refractivity contribution in [2.75, 3.05) is 18.5 Å². The van der Waals surface area contributed by atoms with E-state index < -0.39 is 21.5 Å². The molecule has 2 aliphatic carbocycles. The molecule has 9 heteroatoms. The van der Waals surface area contributed by atoms with Crippen molar-refractivity contribution >= 4 is 33.0 Å². The van der Waals surface area contributed by atoms with Crippen molar-refractivity contribution in [2.45, 2.75) is 54.8 Å². The molecule has 2 atom stereocenters. The number of nitrogens with one attached hydrogen (secondary N) is 3. The molecule has 2 aromatic rings. The Morgan fingerprint density at radius 2 is 2.06 bits per heavy atom.